The summed E-state index contributed by atoms with van der Waals surface area (Å²) in [6.45, 7) is 0.489. The van der Waals surface area contributed by atoms with Crippen molar-refractivity contribution in [2.75, 3.05) is 0 Å². The molecule has 1 aliphatic rings. The van der Waals surface area contributed by atoms with Gasteiger partial charge in [0.1, 0.15) is 11.6 Å². The van der Waals surface area contributed by atoms with Crippen molar-refractivity contribution < 1.29 is 4.79 Å². The van der Waals surface area contributed by atoms with Crippen LogP contribution in [0.5, 0.6) is 0 Å². The number of para-hydroxylation sites is 1. The molecule has 28 heavy (non-hydrogen) atoms. The second kappa shape index (κ2) is 7.71. The molecule has 6 heteroatoms. The summed E-state index contributed by atoms with van der Waals surface area (Å²) in [5.41, 5.74) is 2.71. The molecular formula is C22H17Cl2N3O. The highest BCUT2D eigenvalue weighted by atomic mass is 35.5. The third kappa shape index (κ3) is 3.77. The third-order valence-corrected chi connectivity index (χ3v) is 5.50. The Bertz CT molecular complexity index is 1120. The molecule has 0 spiro atoms. The SMILES string of the molecule is N#CC(=Cc1cn(Cc2c(Cl)cccc2Cl)c2ccccc12)C(=O)NC1CC1. The first kappa shape index (κ1) is 18.6. The van der Waals surface area contributed by atoms with E-state index in [-0.39, 0.29) is 17.5 Å². The molecule has 3 aromatic rings. The number of fused-ring (bicyclic) bond motifs is 1. The zero-order valence-corrected chi connectivity index (χ0v) is 16.5. The van der Waals surface area contributed by atoms with Gasteiger partial charge >= 0.3 is 0 Å². The first-order chi connectivity index (χ1) is 13.6. The summed E-state index contributed by atoms with van der Waals surface area (Å²) in [5, 5.41) is 14.5. The van der Waals surface area contributed by atoms with Crippen molar-refractivity contribution in [3.63, 3.8) is 0 Å². The van der Waals surface area contributed by atoms with Gasteiger partial charge in [-0.2, -0.15) is 5.26 Å². The van der Waals surface area contributed by atoms with Crippen molar-refractivity contribution in [3.05, 3.63) is 75.4 Å². The van der Waals surface area contributed by atoms with E-state index in [4.69, 9.17) is 23.2 Å². The van der Waals surface area contributed by atoms with Gasteiger partial charge in [0.05, 0.1) is 6.54 Å². The lowest BCUT2D eigenvalue weighted by molar-refractivity contribution is -0.117. The normalized spacial score (nSPS) is 14.1. The summed E-state index contributed by atoms with van der Waals surface area (Å²) in [4.78, 5) is 12.3. The second-order valence-corrected chi connectivity index (χ2v) is 7.66. The maximum absolute atomic E-state index is 12.3. The number of amides is 1. The van der Waals surface area contributed by atoms with E-state index in [1.165, 1.54) is 0 Å². The number of hydrogen-bond donors (Lipinski definition) is 1. The molecule has 1 N–H and O–H groups in total. The fraction of sp³-hybridized carbons (Fsp3) is 0.182. The number of nitriles is 1. The van der Waals surface area contributed by atoms with E-state index in [1.54, 1.807) is 6.08 Å². The van der Waals surface area contributed by atoms with Crippen LogP contribution in [0, 0.1) is 11.3 Å². The Morgan fingerprint density at radius 2 is 1.89 bits per heavy atom. The van der Waals surface area contributed by atoms with E-state index >= 15 is 0 Å². The van der Waals surface area contributed by atoms with Crippen LogP contribution >= 0.6 is 23.2 Å². The van der Waals surface area contributed by atoms with E-state index < -0.39 is 0 Å². The number of hydrogen-bond acceptors (Lipinski definition) is 2. The Hall–Kier alpha value is -2.74. The first-order valence-electron chi connectivity index (χ1n) is 9.00. The second-order valence-electron chi connectivity index (χ2n) is 6.85. The van der Waals surface area contributed by atoms with Crippen LogP contribution < -0.4 is 5.32 Å². The molecular weight excluding hydrogens is 393 g/mol. The molecule has 1 aliphatic carbocycles. The van der Waals surface area contributed by atoms with Crippen molar-refractivity contribution >= 4 is 46.1 Å². The average molecular weight is 410 g/mol. The molecule has 0 unspecified atom stereocenters. The molecule has 1 amide bonds. The molecule has 4 rings (SSSR count). The lowest BCUT2D eigenvalue weighted by Gasteiger charge is -2.09. The number of carbonyl (C=O) groups is 1. The summed E-state index contributed by atoms with van der Waals surface area (Å²) in [5.74, 6) is -0.323. The van der Waals surface area contributed by atoms with E-state index in [0.29, 0.717) is 16.6 Å². The Morgan fingerprint density at radius 1 is 1.18 bits per heavy atom. The molecule has 0 atom stereocenters. The molecule has 0 bridgehead atoms. The van der Waals surface area contributed by atoms with Crippen molar-refractivity contribution in [1.29, 1.82) is 5.26 Å². The lowest BCUT2D eigenvalue weighted by Crippen LogP contribution is -2.26. The molecule has 0 aliphatic heterocycles. The van der Waals surface area contributed by atoms with Crippen LogP contribution in [0.1, 0.15) is 24.0 Å². The van der Waals surface area contributed by atoms with Gasteiger partial charge in [-0.15, -0.1) is 0 Å². The fourth-order valence-electron chi connectivity index (χ4n) is 3.17. The molecule has 1 heterocycles. The number of aromatic nitrogens is 1. The number of nitrogens with one attached hydrogen (secondary N) is 1. The van der Waals surface area contributed by atoms with Crippen LogP contribution in [0.2, 0.25) is 10.0 Å². The number of benzene rings is 2. The smallest absolute Gasteiger partial charge is 0.262 e. The van der Waals surface area contributed by atoms with Gasteiger partial charge in [-0.05, 0) is 37.1 Å². The van der Waals surface area contributed by atoms with Crippen LogP contribution in [-0.4, -0.2) is 16.5 Å². The standard InChI is InChI=1S/C22H17Cl2N3O/c23-19-5-3-6-20(24)18(19)13-27-12-15(17-4-1-2-7-21(17)27)10-14(11-25)22(28)26-16-8-9-16/h1-7,10,12,16H,8-9,13H2,(H,26,28). The highest BCUT2D eigenvalue weighted by Gasteiger charge is 2.25. The van der Waals surface area contributed by atoms with E-state index in [1.807, 2.05) is 59.3 Å². The average Bonchev–Trinajstić information content (AvgIpc) is 3.44. The molecule has 2 aromatic carbocycles. The Labute approximate surface area is 173 Å². The summed E-state index contributed by atoms with van der Waals surface area (Å²) < 4.78 is 2.03. The van der Waals surface area contributed by atoms with Gasteiger partial charge in [0.15, 0.2) is 0 Å². The monoisotopic (exact) mass is 409 g/mol. The van der Waals surface area contributed by atoms with Gasteiger partial charge in [-0.3, -0.25) is 4.79 Å². The fourth-order valence-corrected chi connectivity index (χ4v) is 3.69. The van der Waals surface area contributed by atoms with Gasteiger partial charge in [0, 0.05) is 44.3 Å². The number of carbonyl (C=O) groups excluding carboxylic acids is 1. The zero-order valence-electron chi connectivity index (χ0n) is 15.0. The van der Waals surface area contributed by atoms with Crippen molar-refractivity contribution in [2.45, 2.75) is 25.4 Å². The predicted molar refractivity (Wildman–Crippen MR) is 112 cm³/mol. The van der Waals surface area contributed by atoms with Gasteiger partial charge < -0.3 is 9.88 Å². The topological polar surface area (TPSA) is 57.8 Å². The minimum absolute atomic E-state index is 0.102. The Balaban J connectivity index is 1.75. The predicted octanol–water partition coefficient (Wildman–Crippen LogP) is 5.18. The maximum Gasteiger partial charge on any atom is 0.262 e. The van der Waals surface area contributed by atoms with Crippen molar-refractivity contribution in [1.82, 2.24) is 9.88 Å². The van der Waals surface area contributed by atoms with E-state index in [0.717, 1.165) is 34.9 Å². The van der Waals surface area contributed by atoms with Crippen molar-refractivity contribution in [2.24, 2.45) is 0 Å². The molecule has 0 saturated heterocycles. The Kier molecular flexibility index (Phi) is 5.13. The number of halogens is 2. The maximum atomic E-state index is 12.3. The highest BCUT2D eigenvalue weighted by molar-refractivity contribution is 6.36. The molecule has 4 nitrogen and oxygen atoms in total. The largest absolute Gasteiger partial charge is 0.349 e. The molecule has 140 valence electrons. The van der Waals surface area contributed by atoms with Crippen molar-refractivity contribution in [3.8, 4) is 6.07 Å². The molecule has 1 saturated carbocycles. The number of rotatable bonds is 5. The van der Waals surface area contributed by atoms with Crippen LogP contribution in [0.25, 0.3) is 17.0 Å². The van der Waals surface area contributed by atoms with Gasteiger partial charge in [-0.25, -0.2) is 0 Å². The Morgan fingerprint density at radius 3 is 2.57 bits per heavy atom. The van der Waals surface area contributed by atoms with E-state index in [9.17, 15) is 10.1 Å². The van der Waals surface area contributed by atoms with Gasteiger partial charge in [-0.1, -0.05) is 47.5 Å². The summed E-state index contributed by atoms with van der Waals surface area (Å²) in [6, 6.07) is 15.5. The minimum atomic E-state index is -0.323. The number of nitrogens with zero attached hydrogens (tertiary/aromatic N) is 2. The zero-order chi connectivity index (χ0) is 19.7. The van der Waals surface area contributed by atoms with E-state index in [2.05, 4.69) is 5.32 Å². The summed E-state index contributed by atoms with van der Waals surface area (Å²) in [6.07, 6.45) is 5.52. The van der Waals surface area contributed by atoms with Crippen LogP contribution in [0.3, 0.4) is 0 Å². The van der Waals surface area contributed by atoms with Crippen LogP contribution in [-0.2, 0) is 11.3 Å². The van der Waals surface area contributed by atoms with Gasteiger partial charge in [0.25, 0.3) is 5.91 Å². The molecule has 1 aromatic heterocycles. The lowest BCUT2D eigenvalue weighted by atomic mass is 10.1. The van der Waals surface area contributed by atoms with Crippen LogP contribution in [0.15, 0.2) is 54.2 Å². The third-order valence-electron chi connectivity index (χ3n) is 4.79. The molecule has 1 fully saturated rings. The highest BCUT2D eigenvalue weighted by Crippen LogP contribution is 2.29. The first-order valence-corrected chi connectivity index (χ1v) is 9.76. The summed E-state index contributed by atoms with van der Waals surface area (Å²) >= 11 is 12.7. The minimum Gasteiger partial charge on any atom is -0.349 e. The van der Waals surface area contributed by atoms with Gasteiger partial charge in [0.2, 0.25) is 0 Å². The quantitative estimate of drug-likeness (QED) is 0.465. The molecule has 0 radical (unpaired) electrons. The van der Waals surface area contributed by atoms with Crippen LogP contribution in [0.4, 0.5) is 0 Å². The summed E-state index contributed by atoms with van der Waals surface area (Å²) in [7, 11) is 0.